The van der Waals surface area contributed by atoms with Gasteiger partial charge in [-0.15, -0.1) is 0 Å². The first-order valence-electron chi connectivity index (χ1n) is 14.9. The molecule has 0 aromatic carbocycles. The highest BCUT2D eigenvalue weighted by molar-refractivity contribution is 5.74. The second-order valence-electron chi connectivity index (χ2n) is 12.9. The van der Waals surface area contributed by atoms with Crippen LogP contribution in [0.5, 0.6) is 0 Å². The van der Waals surface area contributed by atoms with E-state index in [0.29, 0.717) is 13.0 Å². The van der Waals surface area contributed by atoms with Crippen LogP contribution in [0.25, 0.3) is 0 Å². The molecular weight excluding hydrogens is 432 g/mol. The number of hydrogen-bond acceptors (Lipinski definition) is 6. The first kappa shape index (κ1) is 22.5. The lowest BCUT2D eigenvalue weighted by atomic mass is 9.48. The lowest BCUT2D eigenvalue weighted by Gasteiger charge is -2.56. The summed E-state index contributed by atoms with van der Waals surface area (Å²) in [4.78, 5) is 13.0. The largest absolute Gasteiger partial charge is 0.465 e. The molecule has 196 valence electrons. The van der Waals surface area contributed by atoms with Crippen molar-refractivity contribution < 1.29 is 34.1 Å². The van der Waals surface area contributed by atoms with E-state index in [0.717, 1.165) is 25.7 Å². The van der Waals surface area contributed by atoms with Crippen molar-refractivity contribution in [3.8, 4) is 0 Å². The average molecular weight is 484 g/mol. The number of rotatable bonds is 5. The lowest BCUT2D eigenvalue weighted by molar-refractivity contribution is -0.162. The highest BCUT2D eigenvalue weighted by atomic mass is 16.5. The SMILES string of the molecule is [2H]C([2H])([2H])C(C)[C@H](C)[C@@H](O)[C@H](O)[C@@H](C)[C@H]1CC[C@H]2[C@@H]3COC(=O)[C@H]4C[C@@H](O)[C@H](O)C[C@]4(C)[C@H]3CC[C@]12C. The van der Waals surface area contributed by atoms with E-state index >= 15 is 0 Å². The van der Waals surface area contributed by atoms with Crippen molar-refractivity contribution in [1.29, 1.82) is 0 Å². The summed E-state index contributed by atoms with van der Waals surface area (Å²) in [6.07, 6.45) is 0.380. The maximum Gasteiger partial charge on any atom is 0.309 e. The quantitative estimate of drug-likeness (QED) is 0.447. The Kier molecular flexibility index (Phi) is 6.17. The lowest BCUT2D eigenvalue weighted by Crippen LogP contribution is -2.55. The van der Waals surface area contributed by atoms with Gasteiger partial charge in [0.2, 0.25) is 0 Å². The zero-order valence-corrected chi connectivity index (χ0v) is 21.5. The van der Waals surface area contributed by atoms with Crippen LogP contribution in [0, 0.1) is 58.2 Å². The van der Waals surface area contributed by atoms with Gasteiger partial charge in [-0.05, 0) is 90.8 Å². The molecule has 14 atom stereocenters. The van der Waals surface area contributed by atoms with Gasteiger partial charge in [-0.3, -0.25) is 4.79 Å². The fourth-order valence-corrected chi connectivity index (χ4v) is 8.85. The van der Waals surface area contributed by atoms with E-state index in [2.05, 4.69) is 13.8 Å². The molecule has 1 unspecified atom stereocenters. The first-order chi connectivity index (χ1) is 17.0. The van der Waals surface area contributed by atoms with E-state index in [-0.39, 0.29) is 47.4 Å². The Morgan fingerprint density at radius 3 is 2.35 bits per heavy atom. The molecule has 0 amide bonds. The van der Waals surface area contributed by atoms with Crippen LogP contribution in [0.3, 0.4) is 0 Å². The van der Waals surface area contributed by atoms with Crippen molar-refractivity contribution in [2.75, 3.05) is 6.61 Å². The molecule has 0 aromatic rings. The van der Waals surface area contributed by atoms with E-state index < -0.39 is 54.4 Å². The Morgan fingerprint density at radius 2 is 1.68 bits per heavy atom. The molecule has 1 heterocycles. The molecule has 4 aliphatic rings. The van der Waals surface area contributed by atoms with E-state index in [1.165, 1.54) is 0 Å². The van der Waals surface area contributed by atoms with Crippen LogP contribution < -0.4 is 0 Å². The maximum absolute atomic E-state index is 13.0. The summed E-state index contributed by atoms with van der Waals surface area (Å²) in [5.41, 5.74) is -0.534. The van der Waals surface area contributed by atoms with Crippen molar-refractivity contribution in [2.45, 2.75) is 104 Å². The summed E-state index contributed by atoms with van der Waals surface area (Å²) < 4.78 is 29.0. The van der Waals surface area contributed by atoms with Crippen LogP contribution in [0.4, 0.5) is 0 Å². The number of carbonyl (C=O) groups is 1. The first-order valence-corrected chi connectivity index (χ1v) is 13.4. The smallest absolute Gasteiger partial charge is 0.309 e. The molecule has 3 aliphatic carbocycles. The number of hydrogen-bond donors (Lipinski definition) is 4. The standard InChI is InChI=1S/C28H48O6/c1-14(2)15(3)24(31)25(32)16(4)18-7-8-19-17-13-34-26(33)21-11-22(29)23(30)12-28(21,6)20(17)9-10-27(18,19)5/h14-25,29-32H,7-13H2,1-6H3/t15-,16-,17-,18+,19-,20-,21+,22+,23+,24+,25+,27+,28+/m0/s1/i1D3/t14?,15-,16-,17-,18+,19-,20-,21+,22+,23+,24+,25+,27+,28+. The molecule has 3 saturated carbocycles. The molecule has 1 saturated heterocycles. The molecular formula is C28H48O6. The van der Waals surface area contributed by atoms with Gasteiger partial charge in [0.25, 0.3) is 0 Å². The molecule has 0 spiro atoms. The Morgan fingerprint density at radius 1 is 1.00 bits per heavy atom. The molecule has 4 rings (SSSR count). The van der Waals surface area contributed by atoms with Crippen molar-refractivity contribution >= 4 is 5.97 Å². The molecule has 4 fully saturated rings. The number of carbonyl (C=O) groups excluding carboxylic acids is 1. The summed E-state index contributed by atoms with van der Waals surface area (Å²) in [7, 11) is 0. The molecule has 4 N–H and O–H groups in total. The van der Waals surface area contributed by atoms with Crippen molar-refractivity contribution in [2.24, 2.45) is 58.2 Å². The number of esters is 1. The van der Waals surface area contributed by atoms with E-state index in [9.17, 15) is 25.2 Å². The zero-order valence-electron chi connectivity index (χ0n) is 24.5. The highest BCUT2D eigenvalue weighted by Crippen LogP contribution is 2.66. The topological polar surface area (TPSA) is 107 Å². The van der Waals surface area contributed by atoms with Gasteiger partial charge in [0.1, 0.15) is 0 Å². The van der Waals surface area contributed by atoms with E-state index in [1.54, 1.807) is 13.8 Å². The Balaban J connectivity index is 1.55. The predicted molar refractivity (Wildman–Crippen MR) is 130 cm³/mol. The number of fused-ring (bicyclic) bond motifs is 5. The van der Waals surface area contributed by atoms with Crippen molar-refractivity contribution in [3.05, 3.63) is 0 Å². The number of ether oxygens (including phenoxy) is 1. The average Bonchev–Trinajstić information content (AvgIpc) is 3.13. The second kappa shape index (κ2) is 9.32. The van der Waals surface area contributed by atoms with Crippen molar-refractivity contribution in [1.82, 2.24) is 0 Å². The molecule has 6 nitrogen and oxygen atoms in total. The number of aliphatic hydroxyl groups excluding tert-OH is 4. The van der Waals surface area contributed by atoms with Crippen LogP contribution in [-0.4, -0.2) is 57.4 Å². The fraction of sp³-hybridized carbons (Fsp3) is 0.964. The third-order valence-corrected chi connectivity index (χ3v) is 11.3. The van der Waals surface area contributed by atoms with Gasteiger partial charge < -0.3 is 25.2 Å². The van der Waals surface area contributed by atoms with Gasteiger partial charge in [0.15, 0.2) is 0 Å². The molecule has 0 bridgehead atoms. The maximum atomic E-state index is 13.0. The van der Waals surface area contributed by atoms with Crippen LogP contribution >= 0.6 is 0 Å². The summed E-state index contributed by atoms with van der Waals surface area (Å²) >= 11 is 0. The second-order valence-corrected chi connectivity index (χ2v) is 12.9. The predicted octanol–water partition coefficient (Wildman–Crippen LogP) is 3.39. The third kappa shape index (κ3) is 4.05. The van der Waals surface area contributed by atoms with Gasteiger partial charge in [-0.1, -0.05) is 41.5 Å². The summed E-state index contributed by atoms with van der Waals surface area (Å²) in [6.45, 7) is 7.82. The molecule has 1 aliphatic heterocycles. The number of cyclic esters (lactones) is 1. The molecule has 0 aromatic heterocycles. The monoisotopic (exact) mass is 483 g/mol. The minimum Gasteiger partial charge on any atom is -0.465 e. The van der Waals surface area contributed by atoms with Gasteiger partial charge in [-0.2, -0.15) is 0 Å². The van der Waals surface area contributed by atoms with Crippen molar-refractivity contribution in [3.63, 3.8) is 0 Å². The Hall–Kier alpha value is -0.690. The van der Waals surface area contributed by atoms with Gasteiger partial charge in [-0.25, -0.2) is 0 Å². The molecule has 6 heteroatoms. The van der Waals surface area contributed by atoms with Crippen LogP contribution in [0.15, 0.2) is 0 Å². The third-order valence-electron chi connectivity index (χ3n) is 11.3. The van der Waals surface area contributed by atoms with Gasteiger partial charge in [0, 0.05) is 4.11 Å². The minimum absolute atomic E-state index is 0.102. The Bertz CT molecular complexity index is 852. The number of aliphatic hydroxyl groups is 4. The fourth-order valence-electron chi connectivity index (χ4n) is 8.85. The van der Waals surface area contributed by atoms with Crippen LogP contribution in [0.1, 0.15) is 84.1 Å². The highest BCUT2D eigenvalue weighted by Gasteiger charge is 2.63. The minimum atomic E-state index is -2.19. The van der Waals surface area contributed by atoms with E-state index in [1.807, 2.05) is 6.92 Å². The van der Waals surface area contributed by atoms with Crippen LogP contribution in [-0.2, 0) is 9.53 Å². The summed E-state index contributed by atoms with van der Waals surface area (Å²) in [5.74, 6) is -1.40. The Labute approximate surface area is 209 Å². The summed E-state index contributed by atoms with van der Waals surface area (Å²) in [5, 5.41) is 43.1. The summed E-state index contributed by atoms with van der Waals surface area (Å²) in [6, 6.07) is 0. The normalized spacial score (nSPS) is 50.6. The molecule has 0 radical (unpaired) electrons. The van der Waals surface area contributed by atoms with Crippen LogP contribution in [0.2, 0.25) is 0 Å². The zero-order chi connectivity index (χ0) is 27.7. The van der Waals surface area contributed by atoms with Gasteiger partial charge >= 0.3 is 5.97 Å². The van der Waals surface area contributed by atoms with E-state index in [4.69, 9.17) is 8.85 Å². The van der Waals surface area contributed by atoms with Gasteiger partial charge in [0.05, 0.1) is 36.9 Å². The molecule has 34 heavy (non-hydrogen) atoms.